The van der Waals surface area contributed by atoms with Crippen molar-refractivity contribution in [3.63, 3.8) is 0 Å². The summed E-state index contributed by atoms with van der Waals surface area (Å²) < 4.78 is 5.22. The molecule has 23 heavy (non-hydrogen) atoms. The Morgan fingerprint density at radius 1 is 1.22 bits per heavy atom. The van der Waals surface area contributed by atoms with Gasteiger partial charge >= 0.3 is 0 Å². The largest absolute Gasteiger partial charge is 0.444 e. The van der Waals surface area contributed by atoms with Crippen molar-refractivity contribution in [2.24, 2.45) is 17.4 Å². The summed E-state index contributed by atoms with van der Waals surface area (Å²) in [5, 5.41) is 12.7. The molecule has 4 atom stereocenters. The SMILES string of the molecule is N[C@@H]1C[C@H](N)[C@@H](C(=O)Nc2ccc(-c3cnco3)cc2)C[C@H]1O. The zero-order chi connectivity index (χ0) is 16.4. The minimum atomic E-state index is -0.695. The molecule has 1 amide bonds. The molecule has 1 fully saturated rings. The van der Waals surface area contributed by atoms with E-state index in [0.717, 1.165) is 5.56 Å². The van der Waals surface area contributed by atoms with Crippen LogP contribution < -0.4 is 16.8 Å². The van der Waals surface area contributed by atoms with Gasteiger partial charge in [-0.3, -0.25) is 4.79 Å². The second kappa shape index (κ2) is 6.49. The van der Waals surface area contributed by atoms with Crippen LogP contribution in [0, 0.1) is 5.92 Å². The van der Waals surface area contributed by atoms with Crippen molar-refractivity contribution >= 4 is 11.6 Å². The first-order valence-corrected chi connectivity index (χ1v) is 7.53. The number of benzene rings is 1. The van der Waals surface area contributed by atoms with Gasteiger partial charge in [-0.2, -0.15) is 0 Å². The van der Waals surface area contributed by atoms with E-state index in [0.29, 0.717) is 17.9 Å². The number of rotatable bonds is 3. The molecule has 0 radical (unpaired) electrons. The highest BCUT2D eigenvalue weighted by molar-refractivity contribution is 5.93. The predicted molar refractivity (Wildman–Crippen MR) is 85.3 cm³/mol. The molecule has 1 aromatic carbocycles. The molecular weight excluding hydrogens is 296 g/mol. The van der Waals surface area contributed by atoms with Crippen LogP contribution in [0.3, 0.4) is 0 Å². The lowest BCUT2D eigenvalue weighted by Gasteiger charge is -2.34. The van der Waals surface area contributed by atoms with Gasteiger partial charge in [0, 0.05) is 23.3 Å². The second-order valence-electron chi connectivity index (χ2n) is 5.91. The molecule has 1 aliphatic carbocycles. The summed E-state index contributed by atoms with van der Waals surface area (Å²) in [4.78, 5) is 16.2. The maximum Gasteiger partial charge on any atom is 0.229 e. The average Bonchev–Trinajstić information content (AvgIpc) is 3.06. The Balaban J connectivity index is 1.66. The average molecular weight is 316 g/mol. The van der Waals surface area contributed by atoms with Crippen LogP contribution in [-0.4, -0.2) is 34.2 Å². The van der Waals surface area contributed by atoms with Crippen molar-refractivity contribution in [3.05, 3.63) is 36.9 Å². The van der Waals surface area contributed by atoms with E-state index >= 15 is 0 Å². The number of nitrogens with two attached hydrogens (primary N) is 2. The Bertz CT molecular complexity index is 656. The summed E-state index contributed by atoms with van der Waals surface area (Å²) in [5.74, 6) is 0.0175. The molecule has 1 aliphatic rings. The van der Waals surface area contributed by atoms with Crippen LogP contribution in [0.15, 0.2) is 41.3 Å². The number of hydrogen-bond acceptors (Lipinski definition) is 6. The minimum Gasteiger partial charge on any atom is -0.444 e. The van der Waals surface area contributed by atoms with E-state index in [4.69, 9.17) is 15.9 Å². The number of hydrogen-bond donors (Lipinski definition) is 4. The van der Waals surface area contributed by atoms with Crippen LogP contribution in [0.25, 0.3) is 11.3 Å². The molecule has 1 heterocycles. The number of nitrogens with zero attached hydrogens (tertiary/aromatic N) is 1. The van der Waals surface area contributed by atoms with Crippen molar-refractivity contribution in [3.8, 4) is 11.3 Å². The number of anilines is 1. The summed E-state index contributed by atoms with van der Waals surface area (Å²) in [6.07, 6.45) is 3.01. The van der Waals surface area contributed by atoms with Gasteiger partial charge in [-0.15, -0.1) is 0 Å². The van der Waals surface area contributed by atoms with Crippen molar-refractivity contribution in [2.75, 3.05) is 5.32 Å². The van der Waals surface area contributed by atoms with Crippen molar-refractivity contribution in [1.29, 1.82) is 0 Å². The van der Waals surface area contributed by atoms with Gasteiger partial charge in [-0.05, 0) is 37.1 Å². The van der Waals surface area contributed by atoms with Crippen molar-refractivity contribution in [2.45, 2.75) is 31.0 Å². The first kappa shape index (κ1) is 15.7. The Labute approximate surface area is 133 Å². The highest BCUT2D eigenvalue weighted by Crippen LogP contribution is 2.25. The summed E-state index contributed by atoms with van der Waals surface area (Å²) >= 11 is 0. The van der Waals surface area contributed by atoms with Gasteiger partial charge in [0.2, 0.25) is 5.91 Å². The zero-order valence-corrected chi connectivity index (χ0v) is 12.6. The van der Waals surface area contributed by atoms with E-state index in [1.165, 1.54) is 6.39 Å². The topological polar surface area (TPSA) is 127 Å². The molecule has 7 nitrogen and oxygen atoms in total. The fourth-order valence-corrected chi connectivity index (χ4v) is 2.86. The number of carbonyl (C=O) groups excluding carboxylic acids is 1. The zero-order valence-electron chi connectivity index (χ0n) is 12.6. The third-order valence-corrected chi connectivity index (χ3v) is 4.26. The smallest absolute Gasteiger partial charge is 0.229 e. The van der Waals surface area contributed by atoms with Gasteiger partial charge in [-0.25, -0.2) is 4.98 Å². The Morgan fingerprint density at radius 2 is 1.96 bits per heavy atom. The third-order valence-electron chi connectivity index (χ3n) is 4.26. The van der Waals surface area contributed by atoms with Crippen molar-refractivity contribution < 1.29 is 14.3 Å². The standard InChI is InChI=1S/C16H20N4O3/c17-12-6-13(18)14(21)5-11(12)16(22)20-10-3-1-9(2-4-10)15-7-19-8-23-15/h1-4,7-8,11-14,21H,5-6,17-18H2,(H,20,22)/t11-,12-,13+,14+/m0/s1. The van der Waals surface area contributed by atoms with Crippen LogP contribution >= 0.6 is 0 Å². The van der Waals surface area contributed by atoms with Crippen molar-refractivity contribution in [1.82, 2.24) is 4.98 Å². The molecule has 3 rings (SSSR count). The van der Waals surface area contributed by atoms with Crippen LogP contribution in [0.4, 0.5) is 5.69 Å². The van der Waals surface area contributed by atoms with Gasteiger partial charge < -0.3 is 26.3 Å². The van der Waals surface area contributed by atoms with Gasteiger partial charge in [0.05, 0.1) is 18.2 Å². The van der Waals surface area contributed by atoms with E-state index in [-0.39, 0.29) is 24.4 Å². The minimum absolute atomic E-state index is 0.198. The van der Waals surface area contributed by atoms with E-state index < -0.39 is 12.0 Å². The van der Waals surface area contributed by atoms with Gasteiger partial charge in [0.1, 0.15) is 0 Å². The second-order valence-corrected chi connectivity index (χ2v) is 5.91. The summed E-state index contributed by atoms with van der Waals surface area (Å²) in [6, 6.07) is 6.53. The molecule has 0 saturated heterocycles. The number of carbonyl (C=O) groups is 1. The summed E-state index contributed by atoms with van der Waals surface area (Å²) in [5.41, 5.74) is 13.3. The number of nitrogens with one attached hydrogen (secondary N) is 1. The van der Waals surface area contributed by atoms with E-state index in [1.807, 2.05) is 12.1 Å². The monoisotopic (exact) mass is 316 g/mol. The first-order valence-electron chi connectivity index (χ1n) is 7.53. The molecule has 1 saturated carbocycles. The molecule has 122 valence electrons. The van der Waals surface area contributed by atoms with Crippen LogP contribution in [0.2, 0.25) is 0 Å². The van der Waals surface area contributed by atoms with Crippen LogP contribution in [-0.2, 0) is 4.79 Å². The summed E-state index contributed by atoms with van der Waals surface area (Å²) in [6.45, 7) is 0. The molecule has 0 unspecified atom stereocenters. The molecule has 0 spiro atoms. The number of aliphatic hydroxyl groups excluding tert-OH is 1. The lowest BCUT2D eigenvalue weighted by Crippen LogP contribution is -2.53. The maximum atomic E-state index is 12.4. The Morgan fingerprint density at radius 3 is 2.61 bits per heavy atom. The van der Waals surface area contributed by atoms with Gasteiger partial charge in [0.25, 0.3) is 0 Å². The summed E-state index contributed by atoms with van der Waals surface area (Å²) in [7, 11) is 0. The van der Waals surface area contributed by atoms with Crippen LogP contribution in [0.5, 0.6) is 0 Å². The molecule has 7 heteroatoms. The quantitative estimate of drug-likeness (QED) is 0.660. The van der Waals surface area contributed by atoms with E-state index in [1.54, 1.807) is 18.3 Å². The molecule has 1 aromatic heterocycles. The number of amides is 1. The van der Waals surface area contributed by atoms with Gasteiger partial charge in [0.15, 0.2) is 12.2 Å². The Hall–Kier alpha value is -2.22. The molecule has 6 N–H and O–H groups in total. The van der Waals surface area contributed by atoms with E-state index in [9.17, 15) is 9.90 Å². The lowest BCUT2D eigenvalue weighted by molar-refractivity contribution is -0.122. The fourth-order valence-electron chi connectivity index (χ4n) is 2.86. The number of oxazole rings is 1. The fraction of sp³-hybridized carbons (Fsp3) is 0.375. The highest BCUT2D eigenvalue weighted by atomic mass is 16.3. The third kappa shape index (κ3) is 3.42. The molecule has 0 bridgehead atoms. The molecule has 2 aromatic rings. The number of aliphatic hydroxyl groups is 1. The Kier molecular flexibility index (Phi) is 4.42. The predicted octanol–water partition coefficient (Wildman–Crippen LogP) is 0.706. The maximum absolute atomic E-state index is 12.4. The normalized spacial score (nSPS) is 27.6. The lowest BCUT2D eigenvalue weighted by atomic mass is 9.80. The molecule has 0 aliphatic heterocycles. The number of aromatic nitrogens is 1. The highest BCUT2D eigenvalue weighted by Gasteiger charge is 2.36. The van der Waals surface area contributed by atoms with E-state index in [2.05, 4.69) is 10.3 Å². The molecular formula is C16H20N4O3. The van der Waals surface area contributed by atoms with Crippen LogP contribution in [0.1, 0.15) is 12.8 Å². The first-order chi connectivity index (χ1) is 11.0. The van der Waals surface area contributed by atoms with Gasteiger partial charge in [-0.1, -0.05) is 0 Å².